The highest BCUT2D eigenvalue weighted by Gasteiger charge is 2.30. The van der Waals surface area contributed by atoms with E-state index in [1.165, 1.54) is 0 Å². The van der Waals surface area contributed by atoms with E-state index >= 15 is 0 Å². The van der Waals surface area contributed by atoms with Crippen LogP contribution in [0.2, 0.25) is 0 Å². The van der Waals surface area contributed by atoms with Crippen molar-refractivity contribution in [3.05, 3.63) is 18.0 Å². The normalized spacial score (nSPS) is 24.6. The number of aryl methyl sites for hydroxylation is 1. The summed E-state index contributed by atoms with van der Waals surface area (Å²) in [4.78, 5) is 11.2. The molecule has 1 amide bonds. The van der Waals surface area contributed by atoms with Crippen LogP contribution in [0.4, 0.5) is 0 Å². The predicted molar refractivity (Wildman–Crippen MR) is 57.2 cm³/mol. The van der Waals surface area contributed by atoms with Crippen LogP contribution in [-0.4, -0.2) is 27.9 Å². The van der Waals surface area contributed by atoms with Crippen LogP contribution in [0, 0.1) is 6.92 Å². The average molecular weight is 224 g/mol. The van der Waals surface area contributed by atoms with Crippen LogP contribution in [0.25, 0.3) is 0 Å². The SMILES string of the molecule is Cc1ccnn1CC1CCC(C(=O)NN)O1. The Hall–Kier alpha value is -1.40. The molecule has 0 spiro atoms. The smallest absolute Gasteiger partial charge is 0.263 e. The fourth-order valence-corrected chi connectivity index (χ4v) is 1.91. The summed E-state index contributed by atoms with van der Waals surface area (Å²) in [5.41, 5.74) is 3.20. The number of hydrazine groups is 1. The zero-order chi connectivity index (χ0) is 11.5. The molecule has 1 saturated heterocycles. The summed E-state index contributed by atoms with van der Waals surface area (Å²) in [7, 11) is 0. The third kappa shape index (κ3) is 2.23. The van der Waals surface area contributed by atoms with Gasteiger partial charge in [0.25, 0.3) is 5.91 Å². The minimum absolute atomic E-state index is 0.0425. The number of hydrogen-bond acceptors (Lipinski definition) is 4. The number of nitrogens with one attached hydrogen (secondary N) is 1. The molecule has 16 heavy (non-hydrogen) atoms. The van der Waals surface area contributed by atoms with Gasteiger partial charge in [0.1, 0.15) is 6.10 Å². The third-order valence-electron chi connectivity index (χ3n) is 2.85. The highest BCUT2D eigenvalue weighted by molar-refractivity contribution is 5.80. The lowest BCUT2D eigenvalue weighted by Crippen LogP contribution is -2.39. The first-order valence-corrected chi connectivity index (χ1v) is 5.35. The number of carbonyl (C=O) groups excluding carboxylic acids is 1. The summed E-state index contributed by atoms with van der Waals surface area (Å²) in [6.45, 7) is 2.68. The van der Waals surface area contributed by atoms with Crippen LogP contribution < -0.4 is 11.3 Å². The summed E-state index contributed by atoms with van der Waals surface area (Å²) in [6, 6.07) is 1.94. The number of hydrogen-bond donors (Lipinski definition) is 2. The summed E-state index contributed by atoms with van der Waals surface area (Å²) in [5, 5.41) is 4.18. The average Bonchev–Trinajstić information content (AvgIpc) is 2.89. The Balaban J connectivity index is 1.90. The molecule has 3 N–H and O–H groups in total. The van der Waals surface area contributed by atoms with Gasteiger partial charge in [-0.3, -0.25) is 14.9 Å². The van der Waals surface area contributed by atoms with Gasteiger partial charge in [-0.15, -0.1) is 0 Å². The van der Waals surface area contributed by atoms with E-state index in [-0.39, 0.29) is 12.0 Å². The molecular formula is C10H16N4O2. The molecule has 1 aliphatic heterocycles. The maximum Gasteiger partial charge on any atom is 0.263 e. The number of rotatable bonds is 3. The minimum Gasteiger partial charge on any atom is -0.363 e. The topological polar surface area (TPSA) is 82.2 Å². The number of nitrogens with two attached hydrogens (primary N) is 1. The largest absolute Gasteiger partial charge is 0.363 e. The lowest BCUT2D eigenvalue weighted by atomic mass is 10.2. The molecule has 1 aliphatic rings. The molecule has 2 atom stereocenters. The molecule has 0 saturated carbocycles. The van der Waals surface area contributed by atoms with E-state index in [1.54, 1.807) is 6.20 Å². The molecule has 88 valence electrons. The maximum atomic E-state index is 11.2. The number of amides is 1. The number of nitrogens with zero attached hydrogens (tertiary/aromatic N) is 2. The molecule has 1 aromatic rings. The molecule has 6 nitrogen and oxygen atoms in total. The summed E-state index contributed by atoms with van der Waals surface area (Å²) >= 11 is 0. The van der Waals surface area contributed by atoms with E-state index in [9.17, 15) is 4.79 Å². The van der Waals surface area contributed by atoms with Gasteiger partial charge in [0.2, 0.25) is 0 Å². The van der Waals surface area contributed by atoms with Gasteiger partial charge in [-0.25, -0.2) is 5.84 Å². The Kier molecular flexibility index (Phi) is 3.21. The van der Waals surface area contributed by atoms with Crippen LogP contribution in [0.1, 0.15) is 18.5 Å². The van der Waals surface area contributed by atoms with Crippen LogP contribution >= 0.6 is 0 Å². The van der Waals surface area contributed by atoms with Crippen molar-refractivity contribution in [2.75, 3.05) is 0 Å². The van der Waals surface area contributed by atoms with Crippen LogP contribution in [0.5, 0.6) is 0 Å². The lowest BCUT2D eigenvalue weighted by molar-refractivity contribution is -0.132. The van der Waals surface area contributed by atoms with Gasteiger partial charge >= 0.3 is 0 Å². The summed E-state index contributed by atoms with van der Waals surface area (Å²) in [6.07, 6.45) is 2.96. The number of carbonyl (C=O) groups is 1. The fraction of sp³-hybridized carbons (Fsp3) is 0.600. The zero-order valence-corrected chi connectivity index (χ0v) is 9.22. The van der Waals surface area contributed by atoms with E-state index in [1.807, 2.05) is 17.7 Å². The van der Waals surface area contributed by atoms with Gasteiger partial charge in [0.05, 0.1) is 12.6 Å². The van der Waals surface area contributed by atoms with Gasteiger partial charge in [0, 0.05) is 11.9 Å². The Labute approximate surface area is 93.7 Å². The molecule has 0 radical (unpaired) electrons. The number of ether oxygens (including phenoxy) is 1. The van der Waals surface area contributed by atoms with Crippen molar-refractivity contribution >= 4 is 5.91 Å². The van der Waals surface area contributed by atoms with E-state index in [2.05, 4.69) is 10.5 Å². The molecule has 1 aromatic heterocycles. The number of aromatic nitrogens is 2. The first-order chi connectivity index (χ1) is 7.70. The van der Waals surface area contributed by atoms with Gasteiger partial charge in [-0.1, -0.05) is 0 Å². The molecule has 2 heterocycles. The van der Waals surface area contributed by atoms with Crippen molar-refractivity contribution in [2.24, 2.45) is 5.84 Å². The standard InChI is InChI=1S/C10H16N4O2/c1-7-4-5-12-14(7)6-8-2-3-9(16-8)10(15)13-11/h4-5,8-9H,2-3,6,11H2,1H3,(H,13,15). The first-order valence-electron chi connectivity index (χ1n) is 5.35. The lowest BCUT2D eigenvalue weighted by Gasteiger charge is -2.13. The second-order valence-electron chi connectivity index (χ2n) is 3.99. The highest BCUT2D eigenvalue weighted by Crippen LogP contribution is 2.21. The van der Waals surface area contributed by atoms with E-state index in [0.29, 0.717) is 13.0 Å². The van der Waals surface area contributed by atoms with Gasteiger partial charge < -0.3 is 4.74 Å². The van der Waals surface area contributed by atoms with Crippen molar-refractivity contribution in [3.8, 4) is 0 Å². The van der Waals surface area contributed by atoms with E-state index < -0.39 is 6.10 Å². The van der Waals surface area contributed by atoms with Crippen LogP contribution in [0.15, 0.2) is 12.3 Å². The monoisotopic (exact) mass is 224 g/mol. The summed E-state index contributed by atoms with van der Waals surface area (Å²) in [5.74, 6) is 4.81. The van der Waals surface area contributed by atoms with Gasteiger partial charge in [-0.2, -0.15) is 5.10 Å². The highest BCUT2D eigenvalue weighted by atomic mass is 16.5. The molecule has 2 unspecified atom stereocenters. The fourth-order valence-electron chi connectivity index (χ4n) is 1.91. The second-order valence-corrected chi connectivity index (χ2v) is 3.99. The molecule has 6 heteroatoms. The Morgan fingerprint density at radius 1 is 1.75 bits per heavy atom. The van der Waals surface area contributed by atoms with Gasteiger partial charge in [0.15, 0.2) is 0 Å². The Bertz CT molecular complexity index is 377. The molecular weight excluding hydrogens is 208 g/mol. The third-order valence-corrected chi connectivity index (χ3v) is 2.85. The van der Waals surface area contributed by atoms with Crippen molar-refractivity contribution < 1.29 is 9.53 Å². The van der Waals surface area contributed by atoms with Crippen molar-refractivity contribution in [2.45, 2.75) is 38.5 Å². The molecule has 0 bridgehead atoms. The maximum absolute atomic E-state index is 11.2. The van der Waals surface area contributed by atoms with Crippen LogP contribution in [0.3, 0.4) is 0 Å². The van der Waals surface area contributed by atoms with Crippen molar-refractivity contribution in [1.82, 2.24) is 15.2 Å². The first kappa shape index (κ1) is 11.1. The van der Waals surface area contributed by atoms with Crippen molar-refractivity contribution in [1.29, 1.82) is 0 Å². The van der Waals surface area contributed by atoms with E-state index in [0.717, 1.165) is 12.1 Å². The van der Waals surface area contributed by atoms with E-state index in [4.69, 9.17) is 10.6 Å². The molecule has 0 aliphatic carbocycles. The quantitative estimate of drug-likeness (QED) is 0.420. The van der Waals surface area contributed by atoms with Crippen LogP contribution in [-0.2, 0) is 16.1 Å². The molecule has 0 aromatic carbocycles. The predicted octanol–water partition coefficient (Wildman–Crippen LogP) is -0.271. The minimum atomic E-state index is -0.411. The molecule has 2 rings (SSSR count). The zero-order valence-electron chi connectivity index (χ0n) is 9.22. The molecule has 1 fully saturated rings. The van der Waals surface area contributed by atoms with Gasteiger partial charge in [-0.05, 0) is 25.8 Å². The Morgan fingerprint density at radius 2 is 2.56 bits per heavy atom. The summed E-state index contributed by atoms with van der Waals surface area (Å²) < 4.78 is 7.47. The second kappa shape index (κ2) is 4.63. The Morgan fingerprint density at radius 3 is 3.19 bits per heavy atom. The van der Waals surface area contributed by atoms with Crippen molar-refractivity contribution in [3.63, 3.8) is 0 Å².